The van der Waals surface area contributed by atoms with E-state index in [0.717, 1.165) is 45.4 Å². The average molecular weight is 256 g/mol. The molecular weight excluding hydrogens is 232 g/mol. The van der Waals surface area contributed by atoms with Crippen molar-refractivity contribution >= 4 is 5.91 Å². The van der Waals surface area contributed by atoms with Crippen LogP contribution in [0.25, 0.3) is 0 Å². The summed E-state index contributed by atoms with van der Waals surface area (Å²) in [5, 5.41) is 6.21. The summed E-state index contributed by atoms with van der Waals surface area (Å²) < 4.78 is 11.3. The minimum atomic E-state index is -0.0875. The van der Waals surface area contributed by atoms with Crippen LogP contribution in [0.4, 0.5) is 0 Å². The van der Waals surface area contributed by atoms with Gasteiger partial charge < -0.3 is 20.1 Å². The van der Waals surface area contributed by atoms with Crippen molar-refractivity contribution in [1.29, 1.82) is 0 Å². The Morgan fingerprint density at radius 3 is 3.06 bits per heavy atom. The third-order valence-corrected chi connectivity index (χ3v) is 3.68. The van der Waals surface area contributed by atoms with Crippen molar-refractivity contribution in [2.45, 2.75) is 44.2 Å². The highest BCUT2D eigenvalue weighted by atomic mass is 16.6. The average Bonchev–Trinajstić information content (AvgIpc) is 2.82. The number of carbonyl (C=O) groups is 1. The molecule has 18 heavy (non-hydrogen) atoms. The van der Waals surface area contributed by atoms with E-state index < -0.39 is 0 Å². The first-order valence-corrected chi connectivity index (χ1v) is 6.96. The predicted molar refractivity (Wildman–Crippen MR) is 68.4 cm³/mol. The maximum atomic E-state index is 11.5. The SMILES string of the molecule is CCCNC(=O)CNC1CCOC2(CCOC2)C1. The van der Waals surface area contributed by atoms with Crippen molar-refractivity contribution in [2.24, 2.45) is 0 Å². The topological polar surface area (TPSA) is 59.6 Å². The summed E-state index contributed by atoms with van der Waals surface area (Å²) >= 11 is 0. The molecule has 2 aliphatic heterocycles. The largest absolute Gasteiger partial charge is 0.378 e. The minimum Gasteiger partial charge on any atom is -0.378 e. The molecule has 5 heteroatoms. The Balaban J connectivity index is 1.71. The Bertz CT molecular complexity index is 277. The van der Waals surface area contributed by atoms with Gasteiger partial charge in [0.1, 0.15) is 0 Å². The zero-order chi connectivity index (χ0) is 12.8. The minimum absolute atomic E-state index is 0.0834. The number of ether oxygens (including phenoxy) is 2. The van der Waals surface area contributed by atoms with E-state index in [9.17, 15) is 4.79 Å². The van der Waals surface area contributed by atoms with E-state index >= 15 is 0 Å². The molecule has 2 saturated heterocycles. The second-order valence-corrected chi connectivity index (χ2v) is 5.25. The van der Waals surface area contributed by atoms with E-state index in [-0.39, 0.29) is 11.5 Å². The maximum absolute atomic E-state index is 11.5. The first kappa shape index (κ1) is 13.8. The lowest BCUT2D eigenvalue weighted by Crippen LogP contribution is -2.49. The molecule has 2 fully saturated rings. The van der Waals surface area contributed by atoms with Gasteiger partial charge in [0.05, 0.1) is 18.8 Å². The van der Waals surface area contributed by atoms with Gasteiger partial charge in [-0.2, -0.15) is 0 Å². The normalized spacial score (nSPS) is 31.7. The van der Waals surface area contributed by atoms with E-state index in [1.807, 2.05) is 0 Å². The Hall–Kier alpha value is -0.650. The molecule has 2 atom stereocenters. The summed E-state index contributed by atoms with van der Waals surface area (Å²) in [5.74, 6) is 0.0834. The highest BCUT2D eigenvalue weighted by molar-refractivity contribution is 5.77. The highest BCUT2D eigenvalue weighted by Gasteiger charge is 2.40. The third kappa shape index (κ3) is 3.67. The van der Waals surface area contributed by atoms with Crippen LogP contribution in [0.5, 0.6) is 0 Å². The lowest BCUT2D eigenvalue weighted by Gasteiger charge is -2.37. The van der Waals surface area contributed by atoms with Crippen LogP contribution in [0.1, 0.15) is 32.6 Å². The smallest absolute Gasteiger partial charge is 0.233 e. The fourth-order valence-electron chi connectivity index (χ4n) is 2.63. The molecule has 5 nitrogen and oxygen atoms in total. The first-order valence-electron chi connectivity index (χ1n) is 6.96. The van der Waals surface area contributed by atoms with Gasteiger partial charge >= 0.3 is 0 Å². The lowest BCUT2D eigenvalue weighted by molar-refractivity contribution is -0.121. The summed E-state index contributed by atoms with van der Waals surface area (Å²) in [5.41, 5.74) is -0.0875. The zero-order valence-corrected chi connectivity index (χ0v) is 11.2. The van der Waals surface area contributed by atoms with E-state index in [2.05, 4.69) is 17.6 Å². The van der Waals surface area contributed by atoms with Crippen molar-refractivity contribution < 1.29 is 14.3 Å². The Kier molecular flexibility index (Phi) is 4.97. The Morgan fingerprint density at radius 1 is 1.44 bits per heavy atom. The summed E-state index contributed by atoms with van der Waals surface area (Å²) in [6.07, 6.45) is 3.88. The molecule has 0 aromatic rings. The number of carbonyl (C=O) groups excluding carboxylic acids is 1. The van der Waals surface area contributed by atoms with Gasteiger partial charge in [-0.05, 0) is 19.3 Å². The molecule has 2 heterocycles. The number of hydrogen-bond donors (Lipinski definition) is 2. The van der Waals surface area contributed by atoms with E-state index in [0.29, 0.717) is 19.2 Å². The standard InChI is InChI=1S/C13H24N2O3/c1-2-5-14-12(16)9-15-11-3-6-18-13(8-11)4-7-17-10-13/h11,15H,2-10H2,1H3,(H,14,16). The summed E-state index contributed by atoms with van der Waals surface area (Å²) in [6, 6.07) is 0.368. The molecule has 0 radical (unpaired) electrons. The van der Waals surface area contributed by atoms with Crippen LogP contribution in [0.15, 0.2) is 0 Å². The van der Waals surface area contributed by atoms with Gasteiger partial charge in [0, 0.05) is 32.2 Å². The Labute approximate surface area is 109 Å². The van der Waals surface area contributed by atoms with Gasteiger partial charge in [-0.1, -0.05) is 6.92 Å². The second kappa shape index (κ2) is 6.50. The van der Waals surface area contributed by atoms with Crippen LogP contribution in [0.3, 0.4) is 0 Å². The fourth-order valence-corrected chi connectivity index (χ4v) is 2.63. The molecule has 2 rings (SSSR count). The van der Waals surface area contributed by atoms with Crippen molar-refractivity contribution in [3.63, 3.8) is 0 Å². The fraction of sp³-hybridized carbons (Fsp3) is 0.923. The van der Waals surface area contributed by atoms with Crippen LogP contribution < -0.4 is 10.6 Å². The lowest BCUT2D eigenvalue weighted by atomic mass is 9.90. The van der Waals surface area contributed by atoms with Crippen LogP contribution >= 0.6 is 0 Å². The maximum Gasteiger partial charge on any atom is 0.233 e. The van der Waals surface area contributed by atoms with Gasteiger partial charge in [-0.25, -0.2) is 0 Å². The van der Waals surface area contributed by atoms with Crippen LogP contribution in [-0.2, 0) is 14.3 Å². The number of amides is 1. The van der Waals surface area contributed by atoms with Crippen LogP contribution in [0, 0.1) is 0 Å². The Morgan fingerprint density at radius 2 is 2.33 bits per heavy atom. The van der Waals surface area contributed by atoms with Gasteiger partial charge in [0.25, 0.3) is 0 Å². The summed E-state index contributed by atoms with van der Waals surface area (Å²) in [6.45, 7) is 5.47. The molecule has 1 spiro atoms. The second-order valence-electron chi connectivity index (χ2n) is 5.25. The highest BCUT2D eigenvalue weighted by Crippen LogP contribution is 2.32. The molecule has 2 unspecified atom stereocenters. The molecule has 0 aromatic heterocycles. The monoisotopic (exact) mass is 256 g/mol. The molecule has 0 aromatic carbocycles. The van der Waals surface area contributed by atoms with Gasteiger partial charge in [-0.15, -0.1) is 0 Å². The first-order chi connectivity index (χ1) is 8.74. The van der Waals surface area contributed by atoms with E-state index in [4.69, 9.17) is 9.47 Å². The van der Waals surface area contributed by atoms with Crippen molar-refractivity contribution in [1.82, 2.24) is 10.6 Å². The molecular formula is C13H24N2O3. The molecule has 0 aliphatic carbocycles. The van der Waals surface area contributed by atoms with E-state index in [1.165, 1.54) is 0 Å². The quantitative estimate of drug-likeness (QED) is 0.749. The molecule has 104 valence electrons. The van der Waals surface area contributed by atoms with Crippen molar-refractivity contribution in [3.05, 3.63) is 0 Å². The molecule has 0 bridgehead atoms. The number of rotatable bonds is 5. The predicted octanol–water partition coefficient (Wildman–Crippen LogP) is 0.440. The van der Waals surface area contributed by atoms with Crippen LogP contribution in [0.2, 0.25) is 0 Å². The molecule has 0 saturated carbocycles. The van der Waals surface area contributed by atoms with E-state index in [1.54, 1.807) is 0 Å². The van der Waals surface area contributed by atoms with Gasteiger partial charge in [0.15, 0.2) is 0 Å². The molecule has 2 aliphatic rings. The molecule has 2 N–H and O–H groups in total. The number of nitrogens with one attached hydrogen (secondary N) is 2. The number of hydrogen-bond acceptors (Lipinski definition) is 4. The summed E-state index contributed by atoms with van der Waals surface area (Å²) in [7, 11) is 0. The third-order valence-electron chi connectivity index (χ3n) is 3.68. The van der Waals surface area contributed by atoms with Gasteiger partial charge in [-0.3, -0.25) is 4.79 Å². The van der Waals surface area contributed by atoms with Crippen molar-refractivity contribution in [2.75, 3.05) is 32.9 Å². The zero-order valence-electron chi connectivity index (χ0n) is 11.2. The summed E-state index contributed by atoms with van der Waals surface area (Å²) in [4.78, 5) is 11.5. The molecule has 1 amide bonds. The van der Waals surface area contributed by atoms with Gasteiger partial charge in [0.2, 0.25) is 5.91 Å². The van der Waals surface area contributed by atoms with Crippen molar-refractivity contribution in [3.8, 4) is 0 Å². The van der Waals surface area contributed by atoms with Crippen LogP contribution in [-0.4, -0.2) is 50.5 Å².